The third-order valence-electron chi connectivity index (χ3n) is 2.10. The molecule has 0 saturated carbocycles. The van der Waals surface area contributed by atoms with E-state index in [1.165, 1.54) is 19.3 Å². The van der Waals surface area contributed by atoms with Crippen LogP contribution in [0, 0.1) is 0 Å². The number of nitrogens with zero attached hydrogens (tertiary/aromatic N) is 1. The van der Waals surface area contributed by atoms with Crippen LogP contribution in [0.3, 0.4) is 0 Å². The summed E-state index contributed by atoms with van der Waals surface area (Å²) in [6.45, 7) is 3.78. The van der Waals surface area contributed by atoms with Crippen LogP contribution in [0.1, 0.15) is 32.6 Å². The Morgan fingerprint density at radius 3 is 2.67 bits per heavy atom. The summed E-state index contributed by atoms with van der Waals surface area (Å²) in [4.78, 5) is 13.3. The minimum absolute atomic E-state index is 0.0216. The van der Waals surface area contributed by atoms with E-state index in [-0.39, 0.29) is 5.91 Å². The molecule has 0 rings (SSSR count). The summed E-state index contributed by atoms with van der Waals surface area (Å²) >= 11 is 0. The third kappa shape index (κ3) is 11.1. The van der Waals surface area contributed by atoms with E-state index in [2.05, 4.69) is 12.2 Å². The fourth-order valence-corrected chi connectivity index (χ4v) is 1.16. The van der Waals surface area contributed by atoms with Crippen molar-refractivity contribution in [1.82, 2.24) is 10.2 Å². The summed E-state index contributed by atoms with van der Waals surface area (Å²) in [5, 5.41) is 2.84. The van der Waals surface area contributed by atoms with Crippen molar-refractivity contribution in [2.75, 3.05) is 27.2 Å². The lowest BCUT2D eigenvalue weighted by atomic mass is 10.2. The number of hydrogen-bond donors (Lipinski definition) is 1. The van der Waals surface area contributed by atoms with Crippen LogP contribution in [0.5, 0.6) is 0 Å². The van der Waals surface area contributed by atoms with Crippen LogP contribution in [-0.4, -0.2) is 38.0 Å². The largest absolute Gasteiger partial charge is 0.351 e. The molecule has 0 saturated heterocycles. The quantitative estimate of drug-likeness (QED) is 0.491. The molecule has 0 aromatic carbocycles. The van der Waals surface area contributed by atoms with E-state index in [9.17, 15) is 4.79 Å². The second-order valence-corrected chi connectivity index (χ2v) is 3.99. The lowest BCUT2D eigenvalue weighted by molar-refractivity contribution is -0.116. The minimum Gasteiger partial charge on any atom is -0.351 e. The van der Waals surface area contributed by atoms with Crippen molar-refractivity contribution in [2.24, 2.45) is 0 Å². The number of carbonyl (C=O) groups excluding carboxylic acids is 1. The minimum atomic E-state index is 0.0216. The van der Waals surface area contributed by atoms with Crippen LogP contribution in [0.15, 0.2) is 12.2 Å². The Hall–Kier alpha value is -0.830. The molecule has 0 aliphatic rings. The van der Waals surface area contributed by atoms with Gasteiger partial charge >= 0.3 is 0 Å². The molecule has 0 atom stereocenters. The first-order valence-corrected chi connectivity index (χ1v) is 5.76. The number of amides is 1. The monoisotopic (exact) mass is 212 g/mol. The molecule has 0 heterocycles. The molecule has 0 bridgehead atoms. The van der Waals surface area contributed by atoms with Gasteiger partial charge in [0.1, 0.15) is 0 Å². The number of carbonyl (C=O) groups is 1. The van der Waals surface area contributed by atoms with E-state index in [1.54, 1.807) is 6.08 Å². The number of rotatable bonds is 8. The lowest BCUT2D eigenvalue weighted by Gasteiger charge is -2.08. The molecular weight excluding hydrogens is 188 g/mol. The van der Waals surface area contributed by atoms with Crippen molar-refractivity contribution in [1.29, 1.82) is 0 Å². The number of allylic oxidation sites excluding steroid dienone is 1. The molecule has 0 aromatic rings. The van der Waals surface area contributed by atoms with Gasteiger partial charge in [0.05, 0.1) is 0 Å². The predicted molar refractivity (Wildman–Crippen MR) is 64.8 cm³/mol. The average molecular weight is 212 g/mol. The third-order valence-corrected chi connectivity index (χ3v) is 2.10. The predicted octanol–water partition coefficient (Wildman–Crippen LogP) is 1.80. The average Bonchev–Trinajstić information content (AvgIpc) is 2.17. The summed E-state index contributed by atoms with van der Waals surface area (Å²) in [6.07, 6.45) is 8.26. The SMILES string of the molecule is CCCCC/C=C/C(=O)NCCN(C)C. The summed E-state index contributed by atoms with van der Waals surface area (Å²) in [6, 6.07) is 0. The zero-order valence-corrected chi connectivity index (χ0v) is 10.3. The van der Waals surface area contributed by atoms with Crippen LogP contribution in [0.25, 0.3) is 0 Å². The first kappa shape index (κ1) is 14.2. The number of unbranched alkanes of at least 4 members (excludes halogenated alkanes) is 3. The van der Waals surface area contributed by atoms with Gasteiger partial charge in [-0.2, -0.15) is 0 Å². The molecule has 0 aliphatic heterocycles. The van der Waals surface area contributed by atoms with Crippen LogP contribution in [0.4, 0.5) is 0 Å². The molecule has 0 spiro atoms. The molecule has 3 nitrogen and oxygen atoms in total. The summed E-state index contributed by atoms with van der Waals surface area (Å²) in [5.74, 6) is 0.0216. The Morgan fingerprint density at radius 2 is 2.07 bits per heavy atom. The second kappa shape index (κ2) is 9.71. The maximum Gasteiger partial charge on any atom is 0.243 e. The standard InChI is InChI=1S/C12H24N2O/c1-4-5-6-7-8-9-12(15)13-10-11-14(2)3/h8-9H,4-7,10-11H2,1-3H3,(H,13,15)/b9-8+. The van der Waals surface area contributed by atoms with Crippen molar-refractivity contribution in [3.63, 3.8) is 0 Å². The van der Waals surface area contributed by atoms with Gasteiger partial charge in [-0.25, -0.2) is 0 Å². The van der Waals surface area contributed by atoms with E-state index < -0.39 is 0 Å². The van der Waals surface area contributed by atoms with Crippen LogP contribution < -0.4 is 5.32 Å². The van der Waals surface area contributed by atoms with Crippen molar-refractivity contribution in [2.45, 2.75) is 32.6 Å². The first-order chi connectivity index (χ1) is 7.16. The van der Waals surface area contributed by atoms with Crippen LogP contribution in [0.2, 0.25) is 0 Å². The van der Waals surface area contributed by atoms with Gasteiger partial charge in [0.15, 0.2) is 0 Å². The smallest absolute Gasteiger partial charge is 0.243 e. The highest BCUT2D eigenvalue weighted by molar-refractivity contribution is 5.87. The molecule has 1 N–H and O–H groups in total. The maximum absolute atomic E-state index is 11.2. The highest BCUT2D eigenvalue weighted by Gasteiger charge is 1.94. The zero-order chi connectivity index (χ0) is 11.5. The number of hydrogen-bond acceptors (Lipinski definition) is 2. The van der Waals surface area contributed by atoms with Crippen LogP contribution >= 0.6 is 0 Å². The van der Waals surface area contributed by atoms with Gasteiger partial charge in [-0.05, 0) is 33.0 Å². The van der Waals surface area contributed by atoms with Gasteiger partial charge < -0.3 is 10.2 Å². The Morgan fingerprint density at radius 1 is 1.33 bits per heavy atom. The zero-order valence-electron chi connectivity index (χ0n) is 10.3. The summed E-state index contributed by atoms with van der Waals surface area (Å²) in [7, 11) is 3.99. The molecule has 0 unspecified atom stereocenters. The highest BCUT2D eigenvalue weighted by Crippen LogP contribution is 1.98. The fourth-order valence-electron chi connectivity index (χ4n) is 1.16. The Balaban J connectivity index is 3.39. The number of nitrogens with one attached hydrogen (secondary N) is 1. The Kier molecular flexibility index (Phi) is 9.18. The van der Waals surface area contributed by atoms with E-state index >= 15 is 0 Å². The molecule has 0 radical (unpaired) electrons. The maximum atomic E-state index is 11.2. The molecule has 15 heavy (non-hydrogen) atoms. The van der Waals surface area contributed by atoms with Crippen molar-refractivity contribution >= 4 is 5.91 Å². The fraction of sp³-hybridized carbons (Fsp3) is 0.750. The Bertz CT molecular complexity index is 188. The van der Waals surface area contributed by atoms with Gasteiger partial charge in [0.2, 0.25) is 5.91 Å². The molecule has 0 fully saturated rings. The van der Waals surface area contributed by atoms with Crippen molar-refractivity contribution in [3.05, 3.63) is 12.2 Å². The summed E-state index contributed by atoms with van der Waals surface area (Å²) in [5.41, 5.74) is 0. The molecule has 0 aromatic heterocycles. The molecule has 88 valence electrons. The summed E-state index contributed by atoms with van der Waals surface area (Å²) < 4.78 is 0. The van der Waals surface area contributed by atoms with E-state index in [0.29, 0.717) is 6.54 Å². The molecule has 0 aliphatic carbocycles. The molecule has 1 amide bonds. The second-order valence-electron chi connectivity index (χ2n) is 3.99. The van der Waals surface area contributed by atoms with Gasteiger partial charge in [-0.15, -0.1) is 0 Å². The van der Waals surface area contributed by atoms with Crippen LogP contribution in [-0.2, 0) is 4.79 Å². The van der Waals surface area contributed by atoms with Crippen molar-refractivity contribution < 1.29 is 4.79 Å². The number of likely N-dealkylation sites (N-methyl/N-ethyl adjacent to an activating group) is 1. The van der Waals surface area contributed by atoms with Gasteiger partial charge in [-0.3, -0.25) is 4.79 Å². The Labute approximate surface area is 93.5 Å². The van der Waals surface area contributed by atoms with Gasteiger partial charge in [-0.1, -0.05) is 25.8 Å². The van der Waals surface area contributed by atoms with E-state index in [4.69, 9.17) is 0 Å². The molecular formula is C12H24N2O. The van der Waals surface area contributed by atoms with Gasteiger partial charge in [0, 0.05) is 13.1 Å². The molecule has 3 heteroatoms. The van der Waals surface area contributed by atoms with E-state index in [0.717, 1.165) is 13.0 Å². The van der Waals surface area contributed by atoms with Gasteiger partial charge in [0.25, 0.3) is 0 Å². The normalized spacial score (nSPS) is 11.2. The first-order valence-electron chi connectivity index (χ1n) is 5.76. The highest BCUT2D eigenvalue weighted by atomic mass is 16.1. The van der Waals surface area contributed by atoms with Crippen molar-refractivity contribution in [3.8, 4) is 0 Å². The lowest BCUT2D eigenvalue weighted by Crippen LogP contribution is -2.30. The van der Waals surface area contributed by atoms with E-state index in [1.807, 2.05) is 25.1 Å². The topological polar surface area (TPSA) is 32.3 Å².